The number of piperidine rings is 2. The molecule has 43 heavy (non-hydrogen) atoms. The van der Waals surface area contributed by atoms with Gasteiger partial charge in [-0.1, -0.05) is 6.58 Å². The third-order valence-corrected chi connectivity index (χ3v) is 7.82. The van der Waals surface area contributed by atoms with Gasteiger partial charge < -0.3 is 30.9 Å². The van der Waals surface area contributed by atoms with Crippen LogP contribution in [0.25, 0.3) is 0 Å². The molecule has 1 atom stereocenters. The molecule has 0 spiro atoms. The number of nitrogens with zero attached hydrogens (tertiary/aromatic N) is 6. The van der Waals surface area contributed by atoms with Crippen LogP contribution in [0.4, 0.5) is 23.1 Å². The van der Waals surface area contributed by atoms with Crippen molar-refractivity contribution < 1.29 is 19.1 Å². The lowest BCUT2D eigenvalue weighted by Gasteiger charge is -2.32. The molecule has 4 heterocycles. The summed E-state index contributed by atoms with van der Waals surface area (Å²) in [5, 5.41) is 10.8. The van der Waals surface area contributed by atoms with Gasteiger partial charge >= 0.3 is 0 Å². The molecule has 4 N–H and O–H groups in total. The first-order valence-electron chi connectivity index (χ1n) is 14.4. The minimum absolute atomic E-state index is 0.0313. The molecular formula is C30H37N9O4. The maximum atomic E-state index is 13.1. The second-order valence-electron chi connectivity index (χ2n) is 10.8. The predicted molar refractivity (Wildman–Crippen MR) is 162 cm³/mol. The number of nitrogens with one attached hydrogen (secondary N) is 2. The molecule has 2 aromatic heterocycles. The average Bonchev–Trinajstić information content (AvgIpc) is 3.50. The summed E-state index contributed by atoms with van der Waals surface area (Å²) in [7, 11) is 1.52. The maximum Gasteiger partial charge on any atom is 0.254 e. The normalized spacial score (nSPS) is 16.8. The van der Waals surface area contributed by atoms with Crippen molar-refractivity contribution in [3.8, 4) is 5.75 Å². The smallest absolute Gasteiger partial charge is 0.254 e. The van der Waals surface area contributed by atoms with Crippen LogP contribution in [0.15, 0.2) is 43.4 Å². The highest BCUT2D eigenvalue weighted by atomic mass is 16.5. The van der Waals surface area contributed by atoms with Gasteiger partial charge in [0, 0.05) is 44.1 Å². The fourth-order valence-electron chi connectivity index (χ4n) is 5.55. The van der Waals surface area contributed by atoms with Gasteiger partial charge in [-0.15, -0.1) is 0 Å². The number of benzene rings is 1. The summed E-state index contributed by atoms with van der Waals surface area (Å²) in [5.41, 5.74) is 8.20. The number of amides is 3. The second-order valence-corrected chi connectivity index (χ2v) is 10.8. The molecule has 13 nitrogen and oxygen atoms in total. The topological polar surface area (TPSA) is 161 Å². The number of rotatable bonds is 9. The maximum absolute atomic E-state index is 13.1. The van der Waals surface area contributed by atoms with E-state index in [1.165, 1.54) is 19.4 Å². The summed E-state index contributed by atoms with van der Waals surface area (Å²) in [6, 6.07) is 3.53. The first kappa shape index (κ1) is 29.5. The number of hydrogen-bond donors (Lipinski definition) is 3. The highest BCUT2D eigenvalue weighted by molar-refractivity contribution is 5.99. The van der Waals surface area contributed by atoms with E-state index in [1.54, 1.807) is 23.2 Å². The van der Waals surface area contributed by atoms with Crippen LogP contribution in [0.3, 0.4) is 0 Å². The first-order chi connectivity index (χ1) is 20.8. The number of carbonyl (C=O) groups is 3. The molecule has 0 radical (unpaired) electrons. The van der Waals surface area contributed by atoms with Crippen LogP contribution in [-0.2, 0) is 4.79 Å². The largest absolute Gasteiger partial charge is 0.495 e. The summed E-state index contributed by atoms with van der Waals surface area (Å²) in [6.07, 6.45) is 11.1. The molecule has 13 heteroatoms. The number of primary amides is 1. The highest BCUT2D eigenvalue weighted by Crippen LogP contribution is 2.34. The lowest BCUT2D eigenvalue weighted by molar-refractivity contribution is -0.127. The molecule has 5 rings (SSSR count). The SMILES string of the molecule is C=CC(=O)N1CCC[C@@H](n2cc(Nc3ncc(C(N)=O)c(Nc4c(C)cc(C(=O)N5CCCCC5)cc4OC)n3)cn2)C1. The van der Waals surface area contributed by atoms with Crippen molar-refractivity contribution in [2.75, 3.05) is 43.9 Å². The van der Waals surface area contributed by atoms with Crippen molar-refractivity contribution >= 4 is 40.9 Å². The van der Waals surface area contributed by atoms with Gasteiger partial charge in [0.25, 0.3) is 11.8 Å². The number of aryl methyl sites for hydroxylation is 1. The first-order valence-corrected chi connectivity index (χ1v) is 14.4. The van der Waals surface area contributed by atoms with Gasteiger partial charge in [-0.3, -0.25) is 19.1 Å². The Morgan fingerprint density at radius 3 is 2.56 bits per heavy atom. The Kier molecular flexibility index (Phi) is 8.88. The van der Waals surface area contributed by atoms with Crippen molar-refractivity contribution in [2.45, 2.75) is 45.1 Å². The van der Waals surface area contributed by atoms with Gasteiger partial charge in [0.05, 0.1) is 30.7 Å². The van der Waals surface area contributed by atoms with E-state index in [9.17, 15) is 14.4 Å². The number of hydrogen-bond acceptors (Lipinski definition) is 9. The monoisotopic (exact) mass is 587 g/mol. The van der Waals surface area contributed by atoms with Gasteiger partial charge in [0.1, 0.15) is 17.1 Å². The van der Waals surface area contributed by atoms with E-state index in [1.807, 2.05) is 22.7 Å². The third-order valence-electron chi connectivity index (χ3n) is 7.82. The molecular weight excluding hydrogens is 550 g/mol. The Labute approximate surface area is 250 Å². The van der Waals surface area contributed by atoms with Gasteiger partial charge in [-0.2, -0.15) is 10.1 Å². The molecule has 0 bridgehead atoms. The molecule has 3 amide bonds. The Balaban J connectivity index is 1.36. The molecule has 0 unspecified atom stereocenters. The molecule has 3 aromatic rings. The van der Waals surface area contributed by atoms with E-state index < -0.39 is 5.91 Å². The van der Waals surface area contributed by atoms with Gasteiger partial charge in [-0.05, 0) is 62.8 Å². The average molecular weight is 588 g/mol. The van der Waals surface area contributed by atoms with E-state index in [4.69, 9.17) is 10.5 Å². The molecule has 1 aromatic carbocycles. The molecule has 2 saturated heterocycles. The standard InChI is InChI=1S/C30H37N9O4/c1-4-25(40)38-12-8-9-22(18-38)39-17-21(15-33-39)34-30-32-16-23(27(31)41)28(36-30)35-26-19(2)13-20(14-24(26)43-3)29(42)37-10-6-5-7-11-37/h4,13-17,22H,1,5-12,18H2,2-3H3,(H2,31,41)(H2,32,34,35,36)/t22-/m1/s1. The zero-order valence-corrected chi connectivity index (χ0v) is 24.5. The van der Waals surface area contributed by atoms with Crippen molar-refractivity contribution in [1.82, 2.24) is 29.5 Å². The molecule has 2 fully saturated rings. The lowest BCUT2D eigenvalue weighted by atomic mass is 10.0. The van der Waals surface area contributed by atoms with Crippen LogP contribution in [0.2, 0.25) is 0 Å². The van der Waals surface area contributed by atoms with Crippen LogP contribution in [0.1, 0.15) is 64.4 Å². The van der Waals surface area contributed by atoms with Crippen LogP contribution >= 0.6 is 0 Å². The third kappa shape index (κ3) is 6.60. The fourth-order valence-corrected chi connectivity index (χ4v) is 5.55. The second kappa shape index (κ2) is 12.9. The van der Waals surface area contributed by atoms with Crippen molar-refractivity contribution in [2.24, 2.45) is 5.73 Å². The Morgan fingerprint density at radius 1 is 1.07 bits per heavy atom. The fraction of sp³-hybridized carbons (Fsp3) is 0.400. The Bertz CT molecular complexity index is 1530. The minimum Gasteiger partial charge on any atom is -0.495 e. The van der Waals surface area contributed by atoms with E-state index in [-0.39, 0.29) is 35.2 Å². The van der Waals surface area contributed by atoms with Crippen LogP contribution in [0, 0.1) is 6.92 Å². The summed E-state index contributed by atoms with van der Waals surface area (Å²) in [4.78, 5) is 49.9. The number of likely N-dealkylation sites (tertiary alicyclic amines) is 2. The zero-order valence-electron chi connectivity index (χ0n) is 24.5. The van der Waals surface area contributed by atoms with E-state index in [0.717, 1.165) is 50.8 Å². The highest BCUT2D eigenvalue weighted by Gasteiger charge is 2.25. The van der Waals surface area contributed by atoms with Crippen LogP contribution in [0.5, 0.6) is 5.75 Å². The van der Waals surface area contributed by atoms with Crippen molar-refractivity contribution in [3.63, 3.8) is 0 Å². The number of nitrogens with two attached hydrogens (primary N) is 1. The van der Waals surface area contributed by atoms with E-state index in [2.05, 4.69) is 32.3 Å². The number of anilines is 4. The van der Waals surface area contributed by atoms with Crippen LogP contribution in [-0.4, -0.2) is 80.6 Å². The van der Waals surface area contributed by atoms with Gasteiger partial charge in [0.2, 0.25) is 11.9 Å². The minimum atomic E-state index is -0.702. The molecule has 0 aliphatic carbocycles. The Hall–Kier alpha value is -4.94. The Morgan fingerprint density at radius 2 is 1.84 bits per heavy atom. The number of methoxy groups -OCH3 is 1. The van der Waals surface area contributed by atoms with E-state index >= 15 is 0 Å². The zero-order chi connectivity index (χ0) is 30.5. The molecule has 2 aliphatic heterocycles. The summed E-state index contributed by atoms with van der Waals surface area (Å²) in [6.45, 7) is 8.17. The summed E-state index contributed by atoms with van der Waals surface area (Å²) in [5.74, 6) is 0.00134. The number of aromatic nitrogens is 4. The van der Waals surface area contributed by atoms with Gasteiger partial charge in [0.15, 0.2) is 0 Å². The number of carbonyl (C=O) groups excluding carboxylic acids is 3. The van der Waals surface area contributed by atoms with E-state index in [0.29, 0.717) is 35.8 Å². The number of ether oxygens (including phenoxy) is 1. The van der Waals surface area contributed by atoms with Gasteiger partial charge in [-0.25, -0.2) is 4.98 Å². The molecule has 226 valence electrons. The predicted octanol–water partition coefficient (Wildman–Crippen LogP) is 3.55. The van der Waals surface area contributed by atoms with Crippen LogP contribution < -0.4 is 21.1 Å². The summed E-state index contributed by atoms with van der Waals surface area (Å²) < 4.78 is 7.47. The van der Waals surface area contributed by atoms with Crippen molar-refractivity contribution in [3.05, 3.63) is 60.1 Å². The summed E-state index contributed by atoms with van der Waals surface area (Å²) >= 11 is 0. The lowest BCUT2D eigenvalue weighted by Crippen LogP contribution is -2.39. The molecule has 2 aliphatic rings. The molecule has 0 saturated carbocycles. The quantitative estimate of drug-likeness (QED) is 0.318. The van der Waals surface area contributed by atoms with Crippen molar-refractivity contribution in [1.29, 1.82) is 0 Å².